The van der Waals surface area contributed by atoms with Crippen LogP contribution in [0.25, 0.3) is 0 Å². The lowest BCUT2D eigenvalue weighted by atomic mass is 10.1. The molecular weight excluding hydrogens is 201 g/mol. The van der Waals surface area contributed by atoms with Gasteiger partial charge in [0, 0.05) is 6.54 Å². The number of carbonyl (C=O) groups is 1. The van der Waals surface area contributed by atoms with E-state index in [1.165, 1.54) is 5.01 Å². The first-order valence-electron chi connectivity index (χ1n) is 3.53. The smallest absolute Gasteiger partial charge is 0.223 e. The molecule has 1 saturated heterocycles. The average molecular weight is 216 g/mol. The van der Waals surface area contributed by atoms with Gasteiger partial charge in [0.1, 0.15) is 0 Å². The van der Waals surface area contributed by atoms with Crippen molar-refractivity contribution in [2.45, 2.75) is 18.9 Å². The minimum Gasteiger partial charge on any atom is -0.315 e. The largest absolute Gasteiger partial charge is 0.315 e. The van der Waals surface area contributed by atoms with E-state index in [9.17, 15) is 4.79 Å². The fourth-order valence-electron chi connectivity index (χ4n) is 1.17. The zero-order valence-electron chi connectivity index (χ0n) is 6.73. The molecule has 12 heavy (non-hydrogen) atoms. The molecule has 1 rings (SSSR count). The molecular formula is C6H15Cl2N3O. The number of hydrogen-bond donors (Lipinski definition) is 2. The lowest BCUT2D eigenvalue weighted by Crippen LogP contribution is -2.48. The molecule has 1 aliphatic heterocycles. The summed E-state index contributed by atoms with van der Waals surface area (Å²) in [5, 5.41) is 4.41. The molecule has 1 atom stereocenters. The van der Waals surface area contributed by atoms with Crippen molar-refractivity contribution in [2.24, 2.45) is 5.84 Å². The first kappa shape index (κ1) is 14.5. The number of hydrogen-bond acceptors (Lipinski definition) is 3. The molecule has 0 saturated carbocycles. The molecule has 0 bridgehead atoms. The van der Waals surface area contributed by atoms with Crippen LogP contribution in [0.15, 0.2) is 0 Å². The highest BCUT2D eigenvalue weighted by atomic mass is 35.5. The Labute approximate surface area is 84.6 Å². The van der Waals surface area contributed by atoms with E-state index in [4.69, 9.17) is 5.84 Å². The third kappa shape index (κ3) is 4.11. The fraction of sp³-hybridized carbons (Fsp3) is 0.833. The van der Waals surface area contributed by atoms with Crippen LogP contribution in [0.1, 0.15) is 12.8 Å². The molecule has 3 N–H and O–H groups in total. The first-order chi connectivity index (χ1) is 4.84. The van der Waals surface area contributed by atoms with Crippen LogP contribution in [-0.2, 0) is 4.79 Å². The number of piperidine rings is 1. The summed E-state index contributed by atoms with van der Waals surface area (Å²) in [4.78, 5) is 10.2. The lowest BCUT2D eigenvalue weighted by Gasteiger charge is -2.27. The third-order valence-electron chi connectivity index (χ3n) is 1.81. The van der Waals surface area contributed by atoms with Crippen molar-refractivity contribution in [3.05, 3.63) is 0 Å². The average Bonchev–Trinajstić information content (AvgIpc) is 2.05. The predicted molar refractivity (Wildman–Crippen MR) is 52.5 cm³/mol. The minimum absolute atomic E-state index is 0. The monoisotopic (exact) mass is 215 g/mol. The quantitative estimate of drug-likeness (QED) is 0.293. The summed E-state index contributed by atoms with van der Waals surface area (Å²) < 4.78 is 0. The van der Waals surface area contributed by atoms with Gasteiger partial charge in [-0.3, -0.25) is 9.80 Å². The van der Waals surface area contributed by atoms with Crippen LogP contribution in [-0.4, -0.2) is 30.6 Å². The molecule has 0 aromatic heterocycles. The van der Waals surface area contributed by atoms with Crippen LogP contribution in [0.5, 0.6) is 0 Å². The Morgan fingerprint density at radius 3 is 2.58 bits per heavy atom. The van der Waals surface area contributed by atoms with Gasteiger partial charge in [-0.2, -0.15) is 0 Å². The Morgan fingerprint density at radius 2 is 2.17 bits per heavy atom. The number of nitrogens with two attached hydrogens (primary N) is 1. The van der Waals surface area contributed by atoms with Gasteiger partial charge in [-0.05, 0) is 19.4 Å². The van der Waals surface area contributed by atoms with Gasteiger partial charge in [-0.15, -0.1) is 24.8 Å². The fourth-order valence-corrected chi connectivity index (χ4v) is 1.17. The second-order valence-electron chi connectivity index (χ2n) is 2.55. The standard InChI is InChI=1S/C6H13N3O.2ClH/c7-9(5-10)6-2-1-3-8-4-6;;/h5-6,8H,1-4,7H2;2*1H. The topological polar surface area (TPSA) is 58.4 Å². The summed E-state index contributed by atoms with van der Waals surface area (Å²) in [6.45, 7) is 1.87. The Kier molecular flexibility index (Phi) is 9.19. The van der Waals surface area contributed by atoms with Crippen molar-refractivity contribution in [2.75, 3.05) is 13.1 Å². The zero-order chi connectivity index (χ0) is 7.40. The van der Waals surface area contributed by atoms with Gasteiger partial charge in [-0.25, -0.2) is 5.84 Å². The molecule has 1 heterocycles. The molecule has 0 radical (unpaired) electrons. The van der Waals surface area contributed by atoms with Gasteiger partial charge in [-0.1, -0.05) is 0 Å². The Bertz CT molecular complexity index is 119. The number of hydrazine groups is 1. The molecule has 0 spiro atoms. The Morgan fingerprint density at radius 1 is 1.50 bits per heavy atom. The maximum absolute atomic E-state index is 10.2. The van der Waals surface area contributed by atoms with Gasteiger partial charge in [0.2, 0.25) is 6.41 Å². The summed E-state index contributed by atoms with van der Waals surface area (Å²) in [5.74, 6) is 5.37. The Hall–Kier alpha value is -0.0300. The predicted octanol–water partition coefficient (Wildman–Crippen LogP) is -0.0859. The molecule has 1 aliphatic rings. The van der Waals surface area contributed by atoms with E-state index in [0.717, 1.165) is 25.9 Å². The number of amides is 1. The second kappa shape index (κ2) is 7.61. The van der Waals surface area contributed by atoms with E-state index >= 15 is 0 Å². The normalized spacial score (nSPS) is 21.6. The van der Waals surface area contributed by atoms with Crippen molar-refractivity contribution in [1.29, 1.82) is 0 Å². The molecule has 0 aromatic rings. The molecule has 1 unspecified atom stereocenters. The summed E-state index contributed by atoms with van der Waals surface area (Å²) in [6.07, 6.45) is 2.80. The summed E-state index contributed by atoms with van der Waals surface area (Å²) in [6, 6.07) is 0.200. The Balaban J connectivity index is 0. The van der Waals surface area contributed by atoms with Crippen LogP contribution in [0.4, 0.5) is 0 Å². The molecule has 74 valence electrons. The van der Waals surface area contributed by atoms with E-state index in [1.54, 1.807) is 0 Å². The SMILES string of the molecule is Cl.Cl.NN(C=O)C1CCCNC1. The molecule has 1 amide bonds. The highest BCUT2D eigenvalue weighted by Crippen LogP contribution is 2.04. The lowest BCUT2D eigenvalue weighted by molar-refractivity contribution is -0.120. The van der Waals surface area contributed by atoms with Gasteiger partial charge < -0.3 is 5.32 Å². The second-order valence-corrected chi connectivity index (χ2v) is 2.55. The van der Waals surface area contributed by atoms with Gasteiger partial charge >= 0.3 is 0 Å². The minimum atomic E-state index is 0. The molecule has 6 heteroatoms. The van der Waals surface area contributed by atoms with E-state index in [0.29, 0.717) is 6.41 Å². The number of nitrogens with one attached hydrogen (secondary N) is 1. The van der Waals surface area contributed by atoms with Crippen LogP contribution in [0, 0.1) is 0 Å². The number of carbonyl (C=O) groups excluding carboxylic acids is 1. The van der Waals surface area contributed by atoms with Crippen LogP contribution >= 0.6 is 24.8 Å². The maximum Gasteiger partial charge on any atom is 0.223 e. The summed E-state index contributed by atoms with van der Waals surface area (Å²) in [5.41, 5.74) is 0. The number of halogens is 2. The number of nitrogens with zero attached hydrogens (tertiary/aromatic N) is 1. The first-order valence-corrected chi connectivity index (χ1v) is 3.53. The van der Waals surface area contributed by atoms with Crippen molar-refractivity contribution >= 4 is 31.2 Å². The van der Waals surface area contributed by atoms with Crippen LogP contribution in [0.3, 0.4) is 0 Å². The van der Waals surface area contributed by atoms with Gasteiger partial charge in [0.25, 0.3) is 0 Å². The van der Waals surface area contributed by atoms with E-state index in [2.05, 4.69) is 5.32 Å². The van der Waals surface area contributed by atoms with Crippen molar-refractivity contribution in [3.8, 4) is 0 Å². The van der Waals surface area contributed by atoms with Gasteiger partial charge in [0.15, 0.2) is 0 Å². The summed E-state index contributed by atoms with van der Waals surface area (Å²) >= 11 is 0. The van der Waals surface area contributed by atoms with E-state index < -0.39 is 0 Å². The van der Waals surface area contributed by atoms with Crippen molar-refractivity contribution in [3.63, 3.8) is 0 Å². The molecule has 4 nitrogen and oxygen atoms in total. The van der Waals surface area contributed by atoms with Gasteiger partial charge in [0.05, 0.1) is 6.04 Å². The number of rotatable bonds is 2. The molecule has 1 fully saturated rings. The maximum atomic E-state index is 10.2. The summed E-state index contributed by atoms with van der Waals surface area (Å²) in [7, 11) is 0. The van der Waals surface area contributed by atoms with Crippen molar-refractivity contribution in [1.82, 2.24) is 10.3 Å². The van der Waals surface area contributed by atoms with Crippen LogP contribution in [0.2, 0.25) is 0 Å². The van der Waals surface area contributed by atoms with Crippen LogP contribution < -0.4 is 11.2 Å². The third-order valence-corrected chi connectivity index (χ3v) is 1.81. The van der Waals surface area contributed by atoms with E-state index in [1.807, 2.05) is 0 Å². The molecule has 0 aromatic carbocycles. The molecule has 0 aliphatic carbocycles. The van der Waals surface area contributed by atoms with Crippen molar-refractivity contribution < 1.29 is 4.79 Å². The highest BCUT2D eigenvalue weighted by Gasteiger charge is 2.16. The highest BCUT2D eigenvalue weighted by molar-refractivity contribution is 5.85. The van der Waals surface area contributed by atoms with E-state index in [-0.39, 0.29) is 30.9 Å². The zero-order valence-corrected chi connectivity index (χ0v) is 8.37.